The van der Waals surface area contributed by atoms with Gasteiger partial charge in [-0.25, -0.2) is 0 Å². The zero-order chi connectivity index (χ0) is 35.0. The number of phenols is 1. The van der Waals surface area contributed by atoms with Crippen LogP contribution in [0.15, 0.2) is 54.6 Å². The molecular weight excluding hydrogens is 630 g/mol. The monoisotopic (exact) mass is 685 g/mol. The molecule has 4 amide bonds. The van der Waals surface area contributed by atoms with Crippen LogP contribution in [0.3, 0.4) is 0 Å². The van der Waals surface area contributed by atoms with Crippen LogP contribution in [0.25, 0.3) is 0 Å². The maximum atomic E-state index is 14.2. The second-order valence-electron chi connectivity index (χ2n) is 15.0. The zero-order valence-electron chi connectivity index (χ0n) is 29.7. The lowest BCUT2D eigenvalue weighted by Crippen LogP contribution is -2.64. The fraction of sp³-hybridized carbons (Fsp3) is 0.600. The van der Waals surface area contributed by atoms with Crippen molar-refractivity contribution in [3.8, 4) is 5.75 Å². The van der Waals surface area contributed by atoms with Gasteiger partial charge in [-0.3, -0.25) is 24.1 Å². The van der Waals surface area contributed by atoms with Crippen LogP contribution >= 0.6 is 0 Å². The van der Waals surface area contributed by atoms with E-state index in [1.54, 1.807) is 21.9 Å². The summed E-state index contributed by atoms with van der Waals surface area (Å²) in [6.07, 6.45) is 11.8. The van der Waals surface area contributed by atoms with Gasteiger partial charge >= 0.3 is 23.6 Å². The normalized spacial score (nSPS) is 24.6. The highest BCUT2D eigenvalue weighted by Gasteiger charge is 2.44. The number of nitrogens with one attached hydrogen (secondary N) is 1. The molecule has 10 heteroatoms. The number of rotatable bonds is 14. The highest BCUT2D eigenvalue weighted by Crippen LogP contribution is 2.32. The summed E-state index contributed by atoms with van der Waals surface area (Å²) in [7, 11) is 0. The van der Waals surface area contributed by atoms with Crippen LogP contribution in [0.2, 0.25) is 0 Å². The first-order valence-electron chi connectivity index (χ1n) is 19.1. The predicted octanol–water partition coefficient (Wildman–Crippen LogP) is 4.15. The van der Waals surface area contributed by atoms with Gasteiger partial charge in [0.2, 0.25) is 0 Å². The van der Waals surface area contributed by atoms with E-state index in [1.807, 2.05) is 35.2 Å². The number of phenolic OH excluding ortho intramolecular Hbond substituents is 1. The first-order valence-corrected chi connectivity index (χ1v) is 19.1. The Bertz CT molecular complexity index is 1460. The Morgan fingerprint density at radius 1 is 0.800 bits per heavy atom. The molecule has 0 bridgehead atoms. The van der Waals surface area contributed by atoms with Gasteiger partial charge in [0, 0.05) is 50.8 Å². The lowest BCUT2D eigenvalue weighted by atomic mass is 9.84. The summed E-state index contributed by atoms with van der Waals surface area (Å²) in [4.78, 5) is 61.8. The van der Waals surface area contributed by atoms with Crippen molar-refractivity contribution in [2.45, 2.75) is 108 Å². The molecule has 0 unspecified atom stereocenters. The van der Waals surface area contributed by atoms with Gasteiger partial charge < -0.3 is 25.1 Å². The molecule has 1 aliphatic carbocycles. The number of carbonyl (C=O) groups excluding carboxylic acids is 4. The SMILES string of the molecule is CCC[C@H]1CNC(=O)C(=O)N1C[C@@H]1CCCN1C[C@@H](CC1CCCCC1)N1C[C@H](Cc2ccc(O)cc2)N(CCc2ccccc2)C(=O)C1=O. The fourth-order valence-corrected chi connectivity index (χ4v) is 8.86. The number of carbonyl (C=O) groups is 4. The van der Waals surface area contributed by atoms with Crippen LogP contribution in [0.5, 0.6) is 5.75 Å². The van der Waals surface area contributed by atoms with E-state index < -0.39 is 23.6 Å². The lowest BCUT2D eigenvalue weighted by Gasteiger charge is -2.46. The molecule has 1 saturated carbocycles. The zero-order valence-corrected chi connectivity index (χ0v) is 29.7. The molecule has 3 aliphatic heterocycles. The molecule has 0 aromatic heterocycles. The predicted molar refractivity (Wildman–Crippen MR) is 192 cm³/mol. The molecule has 6 rings (SSSR count). The Hall–Kier alpha value is -3.92. The Balaban J connectivity index is 1.24. The second-order valence-corrected chi connectivity index (χ2v) is 15.0. The van der Waals surface area contributed by atoms with Gasteiger partial charge in [-0.2, -0.15) is 0 Å². The summed E-state index contributed by atoms with van der Waals surface area (Å²) in [5.41, 5.74) is 2.14. The summed E-state index contributed by atoms with van der Waals surface area (Å²) in [6.45, 7) is 5.55. The van der Waals surface area contributed by atoms with Crippen LogP contribution < -0.4 is 5.32 Å². The van der Waals surface area contributed by atoms with Crippen LogP contribution in [-0.4, -0.2) is 112 Å². The van der Waals surface area contributed by atoms with Crippen LogP contribution in [0.4, 0.5) is 0 Å². The average molecular weight is 686 g/mol. The van der Waals surface area contributed by atoms with E-state index in [-0.39, 0.29) is 29.9 Å². The van der Waals surface area contributed by atoms with Crippen molar-refractivity contribution in [1.82, 2.24) is 24.9 Å². The molecule has 4 fully saturated rings. The van der Waals surface area contributed by atoms with Gasteiger partial charge in [-0.05, 0) is 74.2 Å². The fourth-order valence-electron chi connectivity index (χ4n) is 8.86. The van der Waals surface area contributed by atoms with E-state index in [4.69, 9.17) is 0 Å². The van der Waals surface area contributed by atoms with E-state index in [9.17, 15) is 24.3 Å². The largest absolute Gasteiger partial charge is 0.508 e. The minimum atomic E-state index is -0.522. The summed E-state index contributed by atoms with van der Waals surface area (Å²) < 4.78 is 0. The van der Waals surface area contributed by atoms with Crippen LogP contribution in [0.1, 0.15) is 82.3 Å². The minimum Gasteiger partial charge on any atom is -0.508 e. The number of hydrogen-bond donors (Lipinski definition) is 2. The van der Waals surface area contributed by atoms with Crippen molar-refractivity contribution < 1.29 is 24.3 Å². The van der Waals surface area contributed by atoms with Crippen LogP contribution in [0, 0.1) is 5.92 Å². The Kier molecular flexibility index (Phi) is 12.1. The molecule has 270 valence electrons. The third kappa shape index (κ3) is 8.68. The third-order valence-corrected chi connectivity index (χ3v) is 11.6. The quantitative estimate of drug-likeness (QED) is 0.289. The molecule has 4 atom stereocenters. The molecule has 3 heterocycles. The molecular formula is C40H55N5O5. The Labute approximate surface area is 297 Å². The smallest absolute Gasteiger partial charge is 0.312 e. The number of nitrogens with zero attached hydrogens (tertiary/aromatic N) is 4. The summed E-state index contributed by atoms with van der Waals surface area (Å²) in [5.74, 6) is -1.11. The molecule has 2 N–H and O–H groups in total. The number of likely N-dealkylation sites (tertiary alicyclic amines) is 1. The van der Waals surface area contributed by atoms with Gasteiger partial charge in [0.25, 0.3) is 0 Å². The first-order chi connectivity index (χ1) is 24.3. The Morgan fingerprint density at radius 3 is 2.30 bits per heavy atom. The molecule has 0 radical (unpaired) electrons. The van der Waals surface area contributed by atoms with Gasteiger partial charge in [-0.15, -0.1) is 0 Å². The number of hydrogen-bond acceptors (Lipinski definition) is 6. The molecule has 3 saturated heterocycles. The second kappa shape index (κ2) is 16.9. The summed E-state index contributed by atoms with van der Waals surface area (Å²) >= 11 is 0. The van der Waals surface area contributed by atoms with E-state index in [0.29, 0.717) is 51.5 Å². The topological polar surface area (TPSA) is 114 Å². The van der Waals surface area contributed by atoms with E-state index in [0.717, 1.165) is 62.6 Å². The molecule has 4 aliphatic rings. The number of amides is 4. The summed E-state index contributed by atoms with van der Waals surface area (Å²) in [6, 6.07) is 17.0. The molecule has 2 aromatic rings. The van der Waals surface area contributed by atoms with Crippen molar-refractivity contribution in [3.63, 3.8) is 0 Å². The molecule has 0 spiro atoms. The molecule has 2 aromatic carbocycles. The number of piperazine rings is 2. The summed E-state index contributed by atoms with van der Waals surface area (Å²) in [5, 5.41) is 12.7. The maximum Gasteiger partial charge on any atom is 0.312 e. The number of aromatic hydroxyl groups is 1. The third-order valence-electron chi connectivity index (χ3n) is 11.6. The van der Waals surface area contributed by atoms with Crippen molar-refractivity contribution in [2.75, 3.05) is 39.3 Å². The van der Waals surface area contributed by atoms with Crippen molar-refractivity contribution in [3.05, 3.63) is 65.7 Å². The standard InChI is InChI=1S/C40H55N5O5/c1-2-10-32-25-41-37(47)38(48)44(32)27-33-15-9-21-42(33)26-34(23-30-13-7-4-8-14-30)45-28-35(24-31-16-18-36(46)19-17-31)43(39(49)40(45)50)22-20-29-11-5-3-6-12-29/h3,5-6,11-12,16-19,30,32-35,46H,2,4,7-10,13-15,20-28H2,1H3,(H,41,47)/t32-,33-,34+,35-/m0/s1. The number of benzene rings is 2. The first kappa shape index (κ1) is 35.9. The lowest BCUT2D eigenvalue weighted by molar-refractivity contribution is -0.161. The average Bonchev–Trinajstić information content (AvgIpc) is 3.57. The maximum absolute atomic E-state index is 14.2. The minimum absolute atomic E-state index is 0.00509. The molecule has 10 nitrogen and oxygen atoms in total. The van der Waals surface area contributed by atoms with Crippen LogP contribution in [-0.2, 0) is 32.0 Å². The Morgan fingerprint density at radius 2 is 1.56 bits per heavy atom. The highest BCUT2D eigenvalue weighted by molar-refractivity contribution is 6.36. The van der Waals surface area contributed by atoms with Gasteiger partial charge in [-0.1, -0.05) is 87.9 Å². The highest BCUT2D eigenvalue weighted by atomic mass is 16.3. The molecule has 50 heavy (non-hydrogen) atoms. The van der Waals surface area contributed by atoms with E-state index >= 15 is 0 Å². The van der Waals surface area contributed by atoms with Crippen molar-refractivity contribution >= 4 is 23.6 Å². The van der Waals surface area contributed by atoms with E-state index in [2.05, 4.69) is 29.3 Å². The van der Waals surface area contributed by atoms with E-state index in [1.165, 1.54) is 19.3 Å². The van der Waals surface area contributed by atoms with Gasteiger partial charge in [0.05, 0.1) is 6.04 Å². The van der Waals surface area contributed by atoms with Gasteiger partial charge in [0.1, 0.15) is 5.75 Å². The van der Waals surface area contributed by atoms with Crippen molar-refractivity contribution in [2.24, 2.45) is 5.92 Å². The van der Waals surface area contributed by atoms with Gasteiger partial charge in [0.15, 0.2) is 0 Å². The van der Waals surface area contributed by atoms with Crippen molar-refractivity contribution in [1.29, 1.82) is 0 Å².